The van der Waals surface area contributed by atoms with Crippen molar-refractivity contribution in [2.75, 3.05) is 13.1 Å². The fourth-order valence-electron chi connectivity index (χ4n) is 1.86. The zero-order chi connectivity index (χ0) is 9.40. The summed E-state index contributed by atoms with van der Waals surface area (Å²) in [5, 5.41) is 0. The molecule has 0 heterocycles. The maximum atomic E-state index is 2.78. The molecule has 0 aliphatic heterocycles. The smallest absolute Gasteiger partial charge is 0.111 e. The van der Waals surface area contributed by atoms with E-state index in [-0.39, 0.29) is 0 Å². The molecule has 0 aliphatic rings. The van der Waals surface area contributed by atoms with Crippen LogP contribution in [0.5, 0.6) is 0 Å². The number of hydrogen-bond donors (Lipinski definition) is 0. The molecule has 0 bridgehead atoms. The molecule has 0 radical (unpaired) electrons. The lowest BCUT2D eigenvalue weighted by Crippen LogP contribution is -2.39. The fourth-order valence-corrected chi connectivity index (χ4v) is 4.71. The van der Waals surface area contributed by atoms with Crippen LogP contribution in [0.3, 0.4) is 0 Å². The van der Waals surface area contributed by atoms with Crippen LogP contribution in [0.2, 0.25) is 12.1 Å². The molecule has 0 rings (SSSR count). The van der Waals surface area contributed by atoms with Crippen molar-refractivity contribution < 1.29 is 0 Å². The summed E-state index contributed by atoms with van der Waals surface area (Å²) >= 11 is 0. The topological polar surface area (TPSA) is 3.24 Å². The number of nitrogens with zero attached hydrogens (tertiary/aromatic N) is 1. The molecular weight excluding hydrogens is 162 g/mol. The molecule has 0 aromatic rings. The van der Waals surface area contributed by atoms with Crippen LogP contribution < -0.4 is 0 Å². The molecule has 0 aliphatic carbocycles. The van der Waals surface area contributed by atoms with Gasteiger partial charge in [-0.1, -0.05) is 27.7 Å². The molecule has 0 saturated heterocycles. The standard InChI is InChI=1S/C10H25NSi/c1-5-9-11(10-6-2)12(7-3)8-4/h12H,5-10H2,1-4H3. The molecule has 0 N–H and O–H groups in total. The summed E-state index contributed by atoms with van der Waals surface area (Å²) in [6.45, 7) is 12.0. The molecule has 12 heavy (non-hydrogen) atoms. The monoisotopic (exact) mass is 187 g/mol. The predicted octanol–water partition coefficient (Wildman–Crippen LogP) is 2.87. The maximum Gasteiger partial charge on any atom is 0.111 e. The first kappa shape index (κ1) is 12.2. The van der Waals surface area contributed by atoms with Crippen molar-refractivity contribution in [3.05, 3.63) is 0 Å². The minimum Gasteiger partial charge on any atom is -0.326 e. The van der Waals surface area contributed by atoms with Crippen LogP contribution in [0, 0.1) is 0 Å². The highest BCUT2D eigenvalue weighted by molar-refractivity contribution is 6.55. The Kier molecular flexibility index (Phi) is 7.92. The van der Waals surface area contributed by atoms with Crippen LogP contribution in [0.4, 0.5) is 0 Å². The molecular formula is C10H25NSi. The van der Waals surface area contributed by atoms with Crippen molar-refractivity contribution in [3.8, 4) is 0 Å². The van der Waals surface area contributed by atoms with Gasteiger partial charge in [0.1, 0.15) is 8.96 Å². The molecule has 0 amide bonds. The Labute approximate surface area is 79.8 Å². The third-order valence-electron chi connectivity index (χ3n) is 2.48. The Morgan fingerprint density at radius 1 is 0.833 bits per heavy atom. The van der Waals surface area contributed by atoms with E-state index in [1.54, 1.807) is 0 Å². The van der Waals surface area contributed by atoms with Crippen molar-refractivity contribution in [1.29, 1.82) is 0 Å². The van der Waals surface area contributed by atoms with E-state index >= 15 is 0 Å². The lowest BCUT2D eigenvalue weighted by atomic mass is 10.4. The quantitative estimate of drug-likeness (QED) is 0.554. The third kappa shape index (κ3) is 4.26. The predicted molar refractivity (Wildman–Crippen MR) is 60.3 cm³/mol. The van der Waals surface area contributed by atoms with Gasteiger partial charge in [0, 0.05) is 0 Å². The van der Waals surface area contributed by atoms with E-state index in [9.17, 15) is 0 Å². The lowest BCUT2D eigenvalue weighted by molar-refractivity contribution is 0.426. The van der Waals surface area contributed by atoms with Crippen molar-refractivity contribution in [2.24, 2.45) is 0 Å². The molecule has 0 fully saturated rings. The molecule has 0 aromatic heterocycles. The average Bonchev–Trinajstić information content (AvgIpc) is 2.07. The van der Waals surface area contributed by atoms with Gasteiger partial charge in [-0.15, -0.1) is 0 Å². The van der Waals surface area contributed by atoms with Gasteiger partial charge < -0.3 is 4.57 Å². The fraction of sp³-hybridized carbons (Fsp3) is 1.00. The Bertz CT molecular complexity index is 85.8. The average molecular weight is 187 g/mol. The molecule has 0 aromatic carbocycles. The minimum absolute atomic E-state index is 0.509. The molecule has 0 spiro atoms. The van der Waals surface area contributed by atoms with Gasteiger partial charge in [-0.2, -0.15) is 0 Å². The number of rotatable bonds is 7. The van der Waals surface area contributed by atoms with Crippen LogP contribution >= 0.6 is 0 Å². The second kappa shape index (κ2) is 7.81. The van der Waals surface area contributed by atoms with Gasteiger partial charge in [0.25, 0.3) is 0 Å². The second-order valence-corrected chi connectivity index (χ2v) is 7.18. The van der Waals surface area contributed by atoms with Gasteiger partial charge in [-0.3, -0.25) is 0 Å². The zero-order valence-corrected chi connectivity index (χ0v) is 10.4. The summed E-state index contributed by atoms with van der Waals surface area (Å²) in [4.78, 5) is 0. The van der Waals surface area contributed by atoms with E-state index in [4.69, 9.17) is 0 Å². The summed E-state index contributed by atoms with van der Waals surface area (Å²) in [6.07, 6.45) is 2.65. The molecule has 1 nitrogen and oxygen atoms in total. The third-order valence-corrected chi connectivity index (χ3v) is 5.91. The molecule has 2 heteroatoms. The second-order valence-electron chi connectivity index (χ2n) is 3.51. The highest BCUT2D eigenvalue weighted by Crippen LogP contribution is 2.07. The first-order valence-electron chi connectivity index (χ1n) is 5.54. The largest absolute Gasteiger partial charge is 0.326 e. The lowest BCUT2D eigenvalue weighted by Gasteiger charge is -2.28. The van der Waals surface area contributed by atoms with E-state index in [1.165, 1.54) is 38.0 Å². The number of hydrogen-bond acceptors (Lipinski definition) is 1. The van der Waals surface area contributed by atoms with Crippen molar-refractivity contribution in [3.63, 3.8) is 0 Å². The molecule has 74 valence electrons. The highest BCUT2D eigenvalue weighted by Gasteiger charge is 2.13. The van der Waals surface area contributed by atoms with Crippen molar-refractivity contribution in [1.82, 2.24) is 4.57 Å². The summed E-state index contributed by atoms with van der Waals surface area (Å²) < 4.78 is 2.78. The van der Waals surface area contributed by atoms with E-state index in [0.29, 0.717) is 0 Å². The summed E-state index contributed by atoms with van der Waals surface area (Å²) in [6, 6.07) is 2.88. The van der Waals surface area contributed by atoms with E-state index in [0.717, 1.165) is 0 Å². The Morgan fingerprint density at radius 3 is 1.50 bits per heavy atom. The Hall–Kier alpha value is 0.177. The summed E-state index contributed by atoms with van der Waals surface area (Å²) in [5.74, 6) is 0. The van der Waals surface area contributed by atoms with Gasteiger partial charge in [0.15, 0.2) is 0 Å². The SMILES string of the molecule is CCCN(CCC)[SiH](CC)CC. The van der Waals surface area contributed by atoms with Gasteiger partial charge in [0.2, 0.25) is 0 Å². The van der Waals surface area contributed by atoms with Gasteiger partial charge >= 0.3 is 0 Å². The van der Waals surface area contributed by atoms with Crippen molar-refractivity contribution >= 4 is 8.96 Å². The van der Waals surface area contributed by atoms with Gasteiger partial charge in [-0.25, -0.2) is 0 Å². The minimum atomic E-state index is -0.509. The van der Waals surface area contributed by atoms with Crippen LogP contribution in [-0.4, -0.2) is 26.6 Å². The Balaban J connectivity index is 3.86. The normalized spacial score (nSPS) is 11.5. The zero-order valence-electron chi connectivity index (χ0n) is 9.27. The highest BCUT2D eigenvalue weighted by atomic mass is 28.3. The summed E-state index contributed by atoms with van der Waals surface area (Å²) in [5.41, 5.74) is 0. The van der Waals surface area contributed by atoms with E-state index < -0.39 is 8.96 Å². The first-order chi connectivity index (χ1) is 5.79. The maximum absolute atomic E-state index is 2.78. The van der Waals surface area contributed by atoms with Crippen molar-refractivity contribution in [2.45, 2.75) is 52.6 Å². The van der Waals surface area contributed by atoms with E-state index in [1.807, 2.05) is 0 Å². The van der Waals surface area contributed by atoms with Crippen LogP contribution in [0.15, 0.2) is 0 Å². The molecule has 0 atom stereocenters. The molecule has 0 unspecified atom stereocenters. The van der Waals surface area contributed by atoms with Crippen LogP contribution in [-0.2, 0) is 0 Å². The van der Waals surface area contributed by atoms with Gasteiger partial charge in [-0.05, 0) is 38.0 Å². The van der Waals surface area contributed by atoms with Crippen LogP contribution in [0.1, 0.15) is 40.5 Å². The van der Waals surface area contributed by atoms with E-state index in [2.05, 4.69) is 32.3 Å². The van der Waals surface area contributed by atoms with Crippen LogP contribution in [0.25, 0.3) is 0 Å². The Morgan fingerprint density at radius 2 is 1.25 bits per heavy atom. The first-order valence-corrected chi connectivity index (χ1v) is 7.68. The summed E-state index contributed by atoms with van der Waals surface area (Å²) in [7, 11) is -0.509. The molecule has 0 saturated carbocycles. The van der Waals surface area contributed by atoms with Gasteiger partial charge in [0.05, 0.1) is 0 Å².